The molecule has 0 spiro atoms. The van der Waals surface area contributed by atoms with Gasteiger partial charge in [-0.15, -0.1) is 0 Å². The highest BCUT2D eigenvalue weighted by atomic mass is 79.9. The van der Waals surface area contributed by atoms with Crippen molar-refractivity contribution >= 4 is 21.9 Å². The molecule has 0 N–H and O–H groups in total. The Hall–Kier alpha value is -0.330. The van der Waals surface area contributed by atoms with E-state index in [1.54, 1.807) is 0 Å². The van der Waals surface area contributed by atoms with E-state index in [1.165, 1.54) is 0 Å². The first-order valence-corrected chi connectivity index (χ1v) is 11.9. The third kappa shape index (κ3) is 27.6. The van der Waals surface area contributed by atoms with E-state index in [0.717, 1.165) is 5.33 Å². The molecule has 0 atom stereocenters. The average Bonchev–Trinajstić information content (AvgIpc) is 2.70. The normalized spacial score (nSPS) is 11.7. The van der Waals surface area contributed by atoms with Crippen molar-refractivity contribution in [1.82, 2.24) is 0 Å². The second-order valence-corrected chi connectivity index (χ2v) is 8.11. The molecule has 0 bridgehead atoms. The fourth-order valence-electron chi connectivity index (χ4n) is 2.02. The standard InChI is InChI=1S/C21H41BrO9/c1-21(2,3)31-20(23)4-6-24-8-10-26-12-14-28-16-18-30-19-17-29-15-13-27-11-9-25-7-5-22/h4-19H2,1-3H3. The number of hydrogen-bond acceptors (Lipinski definition) is 9. The lowest BCUT2D eigenvalue weighted by Gasteiger charge is -2.19. The third-order valence-electron chi connectivity index (χ3n) is 3.32. The molecule has 0 aromatic rings. The SMILES string of the molecule is CC(C)(C)OC(=O)CCOCCOCCOCCOCCOCCOCCOCCBr. The molecule has 0 unspecified atom stereocenters. The van der Waals surface area contributed by atoms with Crippen molar-refractivity contribution in [1.29, 1.82) is 0 Å². The van der Waals surface area contributed by atoms with Gasteiger partial charge in [-0.3, -0.25) is 4.79 Å². The Morgan fingerprint density at radius 2 is 0.839 bits per heavy atom. The lowest BCUT2D eigenvalue weighted by molar-refractivity contribution is -0.156. The van der Waals surface area contributed by atoms with Crippen LogP contribution in [-0.2, 0) is 42.7 Å². The Bertz CT molecular complexity index is 392. The molecule has 0 rings (SSSR count). The summed E-state index contributed by atoms with van der Waals surface area (Å²) in [4.78, 5) is 11.5. The van der Waals surface area contributed by atoms with E-state index in [1.807, 2.05) is 20.8 Å². The van der Waals surface area contributed by atoms with Crippen molar-refractivity contribution in [3.8, 4) is 0 Å². The van der Waals surface area contributed by atoms with E-state index < -0.39 is 5.60 Å². The number of hydrogen-bond donors (Lipinski definition) is 0. The minimum absolute atomic E-state index is 0.242. The predicted molar refractivity (Wildman–Crippen MR) is 120 cm³/mol. The molecular formula is C21H41BrO9. The lowest BCUT2D eigenvalue weighted by atomic mass is 10.2. The first-order chi connectivity index (χ1) is 15.0. The molecule has 186 valence electrons. The van der Waals surface area contributed by atoms with E-state index >= 15 is 0 Å². The molecule has 10 heteroatoms. The van der Waals surface area contributed by atoms with Crippen LogP contribution in [-0.4, -0.2) is 109 Å². The largest absolute Gasteiger partial charge is 0.460 e. The van der Waals surface area contributed by atoms with Crippen LogP contribution in [0.2, 0.25) is 0 Å². The summed E-state index contributed by atoms with van der Waals surface area (Å²) in [5, 5.41) is 0.838. The van der Waals surface area contributed by atoms with Crippen molar-refractivity contribution in [2.45, 2.75) is 32.8 Å². The Morgan fingerprint density at radius 3 is 1.13 bits per heavy atom. The third-order valence-corrected chi connectivity index (χ3v) is 3.65. The van der Waals surface area contributed by atoms with Crippen molar-refractivity contribution in [2.75, 3.05) is 97.8 Å². The fourth-order valence-corrected chi connectivity index (χ4v) is 2.25. The number of esters is 1. The van der Waals surface area contributed by atoms with Gasteiger partial charge in [0.15, 0.2) is 0 Å². The molecule has 0 aliphatic heterocycles. The second-order valence-electron chi connectivity index (χ2n) is 7.31. The van der Waals surface area contributed by atoms with Crippen molar-refractivity contribution in [2.24, 2.45) is 0 Å². The molecule has 0 amide bonds. The number of rotatable bonds is 23. The summed E-state index contributed by atoms with van der Waals surface area (Å²) in [5.74, 6) is -0.257. The van der Waals surface area contributed by atoms with Gasteiger partial charge in [0.1, 0.15) is 5.60 Å². The smallest absolute Gasteiger partial charge is 0.308 e. The molecule has 0 aliphatic rings. The van der Waals surface area contributed by atoms with Crippen LogP contribution in [0.25, 0.3) is 0 Å². The first kappa shape index (κ1) is 30.7. The zero-order chi connectivity index (χ0) is 23.0. The van der Waals surface area contributed by atoms with Crippen LogP contribution in [0.15, 0.2) is 0 Å². The minimum atomic E-state index is -0.461. The molecule has 31 heavy (non-hydrogen) atoms. The molecule has 0 fully saturated rings. The summed E-state index contributed by atoms with van der Waals surface area (Å²) in [5.41, 5.74) is -0.461. The van der Waals surface area contributed by atoms with E-state index in [9.17, 15) is 4.79 Å². The Labute approximate surface area is 195 Å². The highest BCUT2D eigenvalue weighted by molar-refractivity contribution is 9.09. The predicted octanol–water partition coefficient (Wildman–Crippen LogP) is 2.23. The van der Waals surface area contributed by atoms with Gasteiger partial charge in [-0.1, -0.05) is 15.9 Å². The van der Waals surface area contributed by atoms with E-state index in [-0.39, 0.29) is 12.4 Å². The van der Waals surface area contributed by atoms with Crippen molar-refractivity contribution in [3.05, 3.63) is 0 Å². The van der Waals surface area contributed by atoms with E-state index in [0.29, 0.717) is 92.5 Å². The molecule has 0 aromatic carbocycles. The average molecular weight is 517 g/mol. The van der Waals surface area contributed by atoms with Gasteiger partial charge in [-0.05, 0) is 20.8 Å². The summed E-state index contributed by atoms with van der Waals surface area (Å²) in [6.45, 7) is 12.8. The molecule has 0 aliphatic carbocycles. The summed E-state index contributed by atoms with van der Waals surface area (Å²) < 4.78 is 42.8. The highest BCUT2D eigenvalue weighted by Crippen LogP contribution is 2.07. The molecule has 0 saturated carbocycles. The molecule has 0 heterocycles. The summed E-state index contributed by atoms with van der Waals surface area (Å²) in [7, 11) is 0. The van der Waals surface area contributed by atoms with Gasteiger partial charge in [0.2, 0.25) is 0 Å². The minimum Gasteiger partial charge on any atom is -0.460 e. The van der Waals surface area contributed by atoms with Gasteiger partial charge in [0, 0.05) is 5.33 Å². The molecular weight excluding hydrogens is 476 g/mol. The Balaban J connectivity index is 3.10. The number of halogens is 1. The Kier molecular flexibility index (Phi) is 22.6. The van der Waals surface area contributed by atoms with Gasteiger partial charge in [0.05, 0.1) is 98.9 Å². The van der Waals surface area contributed by atoms with Gasteiger partial charge in [-0.2, -0.15) is 0 Å². The maximum absolute atomic E-state index is 11.5. The highest BCUT2D eigenvalue weighted by Gasteiger charge is 2.15. The van der Waals surface area contributed by atoms with Crippen LogP contribution < -0.4 is 0 Å². The summed E-state index contributed by atoms with van der Waals surface area (Å²) >= 11 is 3.29. The van der Waals surface area contributed by atoms with Crippen molar-refractivity contribution < 1.29 is 42.7 Å². The Morgan fingerprint density at radius 1 is 0.548 bits per heavy atom. The fraction of sp³-hybridized carbons (Fsp3) is 0.952. The maximum atomic E-state index is 11.5. The second kappa shape index (κ2) is 22.8. The van der Waals surface area contributed by atoms with Gasteiger partial charge >= 0.3 is 5.97 Å². The monoisotopic (exact) mass is 516 g/mol. The van der Waals surface area contributed by atoms with Gasteiger partial charge in [0.25, 0.3) is 0 Å². The van der Waals surface area contributed by atoms with Crippen molar-refractivity contribution in [3.63, 3.8) is 0 Å². The number of ether oxygens (including phenoxy) is 8. The van der Waals surface area contributed by atoms with Gasteiger partial charge < -0.3 is 37.9 Å². The van der Waals surface area contributed by atoms with Crippen LogP contribution in [0.5, 0.6) is 0 Å². The number of carbonyl (C=O) groups is 1. The first-order valence-electron chi connectivity index (χ1n) is 10.8. The molecule has 0 radical (unpaired) electrons. The number of alkyl halides is 1. The quantitative estimate of drug-likeness (QED) is 0.115. The number of carbonyl (C=O) groups excluding carboxylic acids is 1. The zero-order valence-electron chi connectivity index (χ0n) is 19.4. The molecule has 9 nitrogen and oxygen atoms in total. The lowest BCUT2D eigenvalue weighted by Crippen LogP contribution is -2.24. The van der Waals surface area contributed by atoms with Crippen LogP contribution in [0, 0.1) is 0 Å². The van der Waals surface area contributed by atoms with E-state index in [4.69, 9.17) is 37.9 Å². The van der Waals surface area contributed by atoms with Crippen LogP contribution >= 0.6 is 15.9 Å². The zero-order valence-corrected chi connectivity index (χ0v) is 21.0. The van der Waals surface area contributed by atoms with Crippen LogP contribution in [0.1, 0.15) is 27.2 Å². The van der Waals surface area contributed by atoms with Crippen LogP contribution in [0.3, 0.4) is 0 Å². The van der Waals surface area contributed by atoms with E-state index in [2.05, 4.69) is 15.9 Å². The maximum Gasteiger partial charge on any atom is 0.308 e. The summed E-state index contributed by atoms with van der Waals surface area (Å²) in [6.07, 6.45) is 0.242. The topological polar surface area (TPSA) is 90.9 Å². The molecule has 0 aromatic heterocycles. The summed E-state index contributed by atoms with van der Waals surface area (Å²) in [6, 6.07) is 0. The molecule has 0 saturated heterocycles. The van der Waals surface area contributed by atoms with Gasteiger partial charge in [-0.25, -0.2) is 0 Å². The van der Waals surface area contributed by atoms with Crippen LogP contribution in [0.4, 0.5) is 0 Å².